The fourth-order valence-corrected chi connectivity index (χ4v) is 3.24. The van der Waals surface area contributed by atoms with Crippen molar-refractivity contribution in [3.05, 3.63) is 6.42 Å². The van der Waals surface area contributed by atoms with Crippen LogP contribution in [0.5, 0.6) is 0 Å². The third kappa shape index (κ3) is 3.29. The van der Waals surface area contributed by atoms with Gasteiger partial charge >= 0.3 is 0 Å². The van der Waals surface area contributed by atoms with E-state index < -0.39 is 0 Å². The molecule has 0 heterocycles. The maximum absolute atomic E-state index is 2.65. The lowest BCUT2D eigenvalue weighted by molar-refractivity contribution is 0.379. The van der Waals surface area contributed by atoms with Gasteiger partial charge in [0.2, 0.25) is 0 Å². The number of hydrogen-bond donors (Lipinski definition) is 0. The van der Waals surface area contributed by atoms with Gasteiger partial charge in [0.15, 0.2) is 0 Å². The minimum absolute atomic E-state index is 0.991. The van der Waals surface area contributed by atoms with Gasteiger partial charge in [0, 0.05) is 0 Å². The van der Waals surface area contributed by atoms with E-state index in [4.69, 9.17) is 0 Å². The highest BCUT2D eigenvalue weighted by Crippen LogP contribution is 2.31. The topological polar surface area (TPSA) is 0 Å². The monoisotopic (exact) mass is 193 g/mol. The smallest absolute Gasteiger partial charge is 0.0355 e. The van der Waals surface area contributed by atoms with Crippen molar-refractivity contribution < 1.29 is 0 Å². The van der Waals surface area contributed by atoms with Crippen LogP contribution in [0, 0.1) is 18.3 Å². The molecule has 2 saturated carbocycles. The van der Waals surface area contributed by atoms with Crippen molar-refractivity contribution in [3.8, 4) is 0 Å². The summed E-state index contributed by atoms with van der Waals surface area (Å²) in [4.78, 5) is 0. The lowest BCUT2D eigenvalue weighted by Gasteiger charge is -2.21. The Morgan fingerprint density at radius 3 is 2.14 bits per heavy atom. The largest absolute Gasteiger partial charge is 0.0533 e. The molecule has 2 aliphatic rings. The molecule has 81 valence electrons. The molecule has 0 aromatic carbocycles. The molecule has 0 aromatic heterocycles. The normalized spacial score (nSPS) is 25.7. The Hall–Kier alpha value is 0. The third-order valence-electron chi connectivity index (χ3n) is 4.20. The third-order valence-corrected chi connectivity index (χ3v) is 4.20. The fraction of sp³-hybridized carbons (Fsp3) is 0.929. The molecular weight excluding hydrogens is 168 g/mol. The van der Waals surface area contributed by atoms with Crippen molar-refractivity contribution in [1.29, 1.82) is 0 Å². The van der Waals surface area contributed by atoms with Gasteiger partial charge in [-0.2, -0.15) is 0 Å². The average molecular weight is 193 g/mol. The van der Waals surface area contributed by atoms with Crippen molar-refractivity contribution in [3.63, 3.8) is 0 Å². The Morgan fingerprint density at radius 1 is 0.786 bits per heavy atom. The highest BCUT2D eigenvalue weighted by Gasteiger charge is 2.17. The molecule has 14 heavy (non-hydrogen) atoms. The summed E-state index contributed by atoms with van der Waals surface area (Å²) in [5.74, 6) is 2.08. The Kier molecular flexibility index (Phi) is 4.34. The van der Waals surface area contributed by atoms with Crippen LogP contribution in [-0.2, 0) is 0 Å². The van der Waals surface area contributed by atoms with E-state index in [-0.39, 0.29) is 0 Å². The van der Waals surface area contributed by atoms with Crippen LogP contribution >= 0.6 is 0 Å². The van der Waals surface area contributed by atoms with Crippen LogP contribution in [0.15, 0.2) is 0 Å². The number of rotatable bonds is 4. The van der Waals surface area contributed by atoms with Gasteiger partial charge < -0.3 is 0 Å². The lowest BCUT2D eigenvalue weighted by atomic mass is 9.85. The van der Waals surface area contributed by atoms with E-state index in [0.717, 1.165) is 11.8 Å². The van der Waals surface area contributed by atoms with E-state index >= 15 is 0 Å². The van der Waals surface area contributed by atoms with E-state index in [1.807, 2.05) is 0 Å². The Morgan fingerprint density at radius 2 is 1.43 bits per heavy atom. The molecule has 0 saturated heterocycles. The van der Waals surface area contributed by atoms with Gasteiger partial charge in [-0.05, 0) is 24.7 Å². The van der Waals surface area contributed by atoms with Gasteiger partial charge in [0.25, 0.3) is 0 Å². The average Bonchev–Trinajstić information content (AvgIpc) is 2.72. The first-order chi connectivity index (χ1) is 6.95. The summed E-state index contributed by atoms with van der Waals surface area (Å²) in [5.41, 5.74) is 0. The summed E-state index contributed by atoms with van der Waals surface area (Å²) >= 11 is 0. The first kappa shape index (κ1) is 10.5. The second-order valence-electron chi connectivity index (χ2n) is 5.36. The van der Waals surface area contributed by atoms with Crippen LogP contribution in [-0.4, -0.2) is 0 Å². The molecule has 2 fully saturated rings. The Balaban J connectivity index is 1.52. The van der Waals surface area contributed by atoms with Gasteiger partial charge in [-0.15, -0.1) is 0 Å². The van der Waals surface area contributed by atoms with E-state index in [0.29, 0.717) is 0 Å². The molecule has 0 nitrogen and oxygen atoms in total. The highest BCUT2D eigenvalue weighted by molar-refractivity contribution is 4.80. The predicted octanol–water partition coefficient (Wildman–Crippen LogP) is 4.74. The summed E-state index contributed by atoms with van der Waals surface area (Å²) < 4.78 is 0. The Bertz CT molecular complexity index is 138. The molecular formula is C14H25. The molecule has 2 aliphatic carbocycles. The van der Waals surface area contributed by atoms with Gasteiger partial charge in [-0.1, -0.05) is 64.2 Å². The molecule has 0 aliphatic heterocycles. The SMILES string of the molecule is [CH](CCC1CCCC1)C1CCCCC1. The molecule has 1 radical (unpaired) electrons. The summed E-state index contributed by atoms with van der Waals surface area (Å²) in [7, 11) is 0. The van der Waals surface area contributed by atoms with Gasteiger partial charge in [-0.25, -0.2) is 0 Å². The maximum atomic E-state index is 2.65. The Labute approximate surface area is 89.5 Å². The first-order valence-electron chi connectivity index (χ1n) is 6.78. The molecule has 0 bridgehead atoms. The second kappa shape index (κ2) is 5.78. The van der Waals surface area contributed by atoms with E-state index in [2.05, 4.69) is 6.42 Å². The molecule has 0 atom stereocenters. The quantitative estimate of drug-likeness (QED) is 0.605. The van der Waals surface area contributed by atoms with Crippen molar-refractivity contribution in [1.82, 2.24) is 0 Å². The molecule has 0 amide bonds. The van der Waals surface area contributed by atoms with E-state index in [1.54, 1.807) is 0 Å². The molecule has 0 heteroatoms. The van der Waals surface area contributed by atoms with Gasteiger partial charge in [-0.3, -0.25) is 0 Å². The van der Waals surface area contributed by atoms with E-state index in [9.17, 15) is 0 Å². The van der Waals surface area contributed by atoms with Crippen molar-refractivity contribution in [2.75, 3.05) is 0 Å². The summed E-state index contributed by atoms with van der Waals surface area (Å²) in [5, 5.41) is 0. The zero-order valence-corrected chi connectivity index (χ0v) is 9.51. The molecule has 0 aromatic rings. The standard InChI is InChI=1S/C14H25/c1-2-7-13(8-3-1)11-6-12-14-9-4-5-10-14/h11,13-14H,1-10,12H2. The second-order valence-corrected chi connectivity index (χ2v) is 5.36. The summed E-state index contributed by atoms with van der Waals surface area (Å²) in [6.45, 7) is 0. The van der Waals surface area contributed by atoms with Crippen molar-refractivity contribution in [2.45, 2.75) is 70.6 Å². The minimum atomic E-state index is 0.991. The van der Waals surface area contributed by atoms with Crippen molar-refractivity contribution in [2.24, 2.45) is 11.8 Å². The van der Waals surface area contributed by atoms with Crippen LogP contribution in [0.4, 0.5) is 0 Å². The van der Waals surface area contributed by atoms with Crippen LogP contribution < -0.4 is 0 Å². The van der Waals surface area contributed by atoms with Crippen molar-refractivity contribution >= 4 is 0 Å². The van der Waals surface area contributed by atoms with Crippen LogP contribution in [0.25, 0.3) is 0 Å². The minimum Gasteiger partial charge on any atom is -0.0533 e. The zero-order chi connectivity index (χ0) is 9.64. The molecule has 0 N–H and O–H groups in total. The van der Waals surface area contributed by atoms with Crippen LogP contribution in [0.2, 0.25) is 0 Å². The molecule has 0 unspecified atom stereocenters. The fourth-order valence-electron chi connectivity index (χ4n) is 3.24. The number of hydrogen-bond acceptors (Lipinski definition) is 0. The van der Waals surface area contributed by atoms with E-state index in [1.165, 1.54) is 70.6 Å². The van der Waals surface area contributed by atoms with Gasteiger partial charge in [0.1, 0.15) is 0 Å². The summed E-state index contributed by atoms with van der Waals surface area (Å²) in [6.07, 6.45) is 19.1. The van der Waals surface area contributed by atoms with Crippen LogP contribution in [0.3, 0.4) is 0 Å². The molecule has 2 rings (SSSR count). The highest BCUT2D eigenvalue weighted by atomic mass is 14.2. The zero-order valence-electron chi connectivity index (χ0n) is 9.51. The lowest BCUT2D eigenvalue weighted by Crippen LogP contribution is -2.07. The van der Waals surface area contributed by atoms with Crippen LogP contribution in [0.1, 0.15) is 70.6 Å². The maximum Gasteiger partial charge on any atom is -0.0355 e. The van der Waals surface area contributed by atoms with Gasteiger partial charge in [0.05, 0.1) is 0 Å². The molecule has 0 spiro atoms. The first-order valence-corrected chi connectivity index (χ1v) is 6.78. The summed E-state index contributed by atoms with van der Waals surface area (Å²) in [6, 6.07) is 0. The predicted molar refractivity (Wildman–Crippen MR) is 62.1 cm³/mol.